The Morgan fingerprint density at radius 2 is 1.68 bits per heavy atom. The van der Waals surface area contributed by atoms with E-state index in [1.54, 1.807) is 61.5 Å². The van der Waals surface area contributed by atoms with Crippen LogP contribution in [0.15, 0.2) is 69.9 Å². The molecule has 0 radical (unpaired) electrons. The van der Waals surface area contributed by atoms with Crippen LogP contribution in [0.4, 0.5) is 0 Å². The van der Waals surface area contributed by atoms with Gasteiger partial charge in [0.2, 0.25) is 0 Å². The van der Waals surface area contributed by atoms with Crippen LogP contribution in [0.3, 0.4) is 0 Å². The summed E-state index contributed by atoms with van der Waals surface area (Å²) >= 11 is 1.15. The zero-order chi connectivity index (χ0) is 20.1. The summed E-state index contributed by atoms with van der Waals surface area (Å²) in [5.41, 5.74) is 1.59. The predicted octanol–water partition coefficient (Wildman–Crippen LogP) is 3.71. The minimum atomic E-state index is -3.81. The van der Waals surface area contributed by atoms with Gasteiger partial charge >= 0.3 is 0 Å². The van der Waals surface area contributed by atoms with Crippen molar-refractivity contribution in [2.75, 3.05) is 6.26 Å². The van der Waals surface area contributed by atoms with Crippen molar-refractivity contribution in [2.24, 2.45) is 0 Å². The normalized spacial score (nSPS) is 12.5. The van der Waals surface area contributed by atoms with Crippen LogP contribution in [-0.2, 0) is 19.9 Å². The topological polar surface area (TPSA) is 86.1 Å². The summed E-state index contributed by atoms with van der Waals surface area (Å²) < 4.78 is 51.4. The van der Waals surface area contributed by atoms with E-state index in [1.165, 1.54) is 10.2 Å². The molecule has 3 aromatic heterocycles. The van der Waals surface area contributed by atoms with Gasteiger partial charge in [-0.2, -0.15) is 0 Å². The van der Waals surface area contributed by atoms with Crippen LogP contribution in [0.2, 0.25) is 0 Å². The molecule has 6 nitrogen and oxygen atoms in total. The van der Waals surface area contributed by atoms with Crippen LogP contribution in [-0.4, -0.2) is 32.0 Å². The number of thiophene rings is 1. The van der Waals surface area contributed by atoms with E-state index in [-0.39, 0.29) is 9.10 Å². The third-order valence-electron chi connectivity index (χ3n) is 4.33. The van der Waals surface area contributed by atoms with E-state index < -0.39 is 19.9 Å². The van der Waals surface area contributed by atoms with Crippen molar-refractivity contribution >= 4 is 42.2 Å². The van der Waals surface area contributed by atoms with Gasteiger partial charge in [-0.15, -0.1) is 11.3 Å². The van der Waals surface area contributed by atoms with Crippen molar-refractivity contribution in [3.05, 3.63) is 66.5 Å². The van der Waals surface area contributed by atoms with E-state index in [1.807, 2.05) is 0 Å². The number of pyridine rings is 1. The molecule has 0 atom stereocenters. The maximum Gasteiger partial charge on any atom is 0.269 e. The van der Waals surface area contributed by atoms with Gasteiger partial charge in [0.25, 0.3) is 10.0 Å². The molecule has 0 aliphatic carbocycles. The van der Waals surface area contributed by atoms with Gasteiger partial charge in [-0.05, 0) is 43.3 Å². The molecule has 0 amide bonds. The molecule has 0 aliphatic heterocycles. The van der Waals surface area contributed by atoms with Crippen molar-refractivity contribution < 1.29 is 16.8 Å². The lowest BCUT2D eigenvalue weighted by atomic mass is 10.1. The van der Waals surface area contributed by atoms with Crippen LogP contribution in [0, 0.1) is 6.92 Å². The molecule has 0 bridgehead atoms. The summed E-state index contributed by atoms with van der Waals surface area (Å²) in [7, 11) is -7.11. The summed E-state index contributed by atoms with van der Waals surface area (Å²) in [5.74, 6) is 0. The zero-order valence-electron chi connectivity index (χ0n) is 15.0. The minimum absolute atomic E-state index is 0.179. The Hall–Kier alpha value is -2.49. The Bertz CT molecular complexity index is 1400. The number of sulfone groups is 1. The van der Waals surface area contributed by atoms with Gasteiger partial charge in [-0.3, -0.25) is 0 Å². The first-order valence-electron chi connectivity index (χ1n) is 8.27. The van der Waals surface area contributed by atoms with Gasteiger partial charge in [0, 0.05) is 34.0 Å². The van der Waals surface area contributed by atoms with Gasteiger partial charge in [0.05, 0.1) is 4.90 Å². The number of fused-ring (bicyclic) bond motifs is 1. The molecule has 1 aromatic carbocycles. The lowest BCUT2D eigenvalue weighted by Gasteiger charge is -2.09. The molecule has 0 fully saturated rings. The average molecular weight is 433 g/mol. The minimum Gasteiger partial charge on any atom is -0.237 e. The highest BCUT2D eigenvalue weighted by molar-refractivity contribution is 7.92. The molecule has 4 rings (SSSR count). The van der Waals surface area contributed by atoms with Crippen LogP contribution in [0.1, 0.15) is 5.69 Å². The van der Waals surface area contributed by atoms with E-state index in [0.717, 1.165) is 28.0 Å². The number of hydrogen-bond donors (Lipinski definition) is 0. The summed E-state index contributed by atoms with van der Waals surface area (Å²) in [6.45, 7) is 1.71. The number of hydrogen-bond acceptors (Lipinski definition) is 6. The van der Waals surface area contributed by atoms with Crippen LogP contribution in [0.5, 0.6) is 0 Å². The predicted molar refractivity (Wildman–Crippen MR) is 110 cm³/mol. The summed E-state index contributed by atoms with van der Waals surface area (Å²) in [6.07, 6.45) is 2.70. The molecule has 28 heavy (non-hydrogen) atoms. The molecule has 0 unspecified atom stereocenters. The lowest BCUT2D eigenvalue weighted by molar-refractivity contribution is 0.587. The number of rotatable bonds is 4. The van der Waals surface area contributed by atoms with Crippen molar-refractivity contribution in [3.8, 4) is 10.4 Å². The lowest BCUT2D eigenvalue weighted by Crippen LogP contribution is -2.14. The second-order valence-electron chi connectivity index (χ2n) is 6.35. The Balaban J connectivity index is 1.95. The van der Waals surface area contributed by atoms with Crippen molar-refractivity contribution in [1.29, 1.82) is 0 Å². The molecule has 0 saturated heterocycles. The van der Waals surface area contributed by atoms with Gasteiger partial charge in [0.15, 0.2) is 15.5 Å². The monoisotopic (exact) mass is 432 g/mol. The van der Waals surface area contributed by atoms with Gasteiger partial charge in [-0.25, -0.2) is 25.8 Å². The van der Waals surface area contributed by atoms with Gasteiger partial charge in [0.1, 0.15) is 4.21 Å². The molecular formula is C19H16N2O4S3. The SMILES string of the molecule is Cc1cc2c(-c3ccc(S(C)(=O)=O)s3)ccnc2n1S(=O)(=O)c1ccccc1. The molecule has 144 valence electrons. The van der Waals surface area contributed by atoms with Crippen molar-refractivity contribution in [3.63, 3.8) is 0 Å². The Morgan fingerprint density at radius 3 is 2.32 bits per heavy atom. The summed E-state index contributed by atoms with van der Waals surface area (Å²) in [5, 5.41) is 0.654. The smallest absolute Gasteiger partial charge is 0.237 e. The first-order valence-corrected chi connectivity index (χ1v) is 12.4. The maximum absolute atomic E-state index is 13.2. The highest BCUT2D eigenvalue weighted by Gasteiger charge is 2.24. The highest BCUT2D eigenvalue weighted by atomic mass is 32.2. The number of nitrogens with zero attached hydrogens (tertiary/aromatic N) is 2. The molecular weight excluding hydrogens is 416 g/mol. The van der Waals surface area contributed by atoms with E-state index in [2.05, 4.69) is 4.98 Å². The number of benzene rings is 1. The van der Waals surface area contributed by atoms with E-state index in [0.29, 0.717) is 16.7 Å². The fourth-order valence-electron chi connectivity index (χ4n) is 3.08. The third-order valence-corrected chi connectivity index (χ3v) is 9.08. The van der Waals surface area contributed by atoms with Crippen molar-refractivity contribution in [1.82, 2.24) is 8.96 Å². The van der Waals surface area contributed by atoms with Crippen molar-refractivity contribution in [2.45, 2.75) is 16.0 Å². The molecule has 4 aromatic rings. The third kappa shape index (κ3) is 3.05. The average Bonchev–Trinajstić information content (AvgIpc) is 3.26. The van der Waals surface area contributed by atoms with Crippen LogP contribution in [0.25, 0.3) is 21.5 Å². The number of aryl methyl sites for hydroxylation is 1. The summed E-state index contributed by atoms with van der Waals surface area (Å²) in [4.78, 5) is 5.22. The van der Waals surface area contributed by atoms with Gasteiger partial charge < -0.3 is 0 Å². The Labute approximate surface area is 167 Å². The molecule has 0 spiro atoms. The standard InChI is InChI=1S/C19H16N2O4S3/c1-13-12-16-15(17-8-9-18(26-17)27(2,22)23)10-11-20-19(16)21(13)28(24,25)14-6-4-3-5-7-14/h3-12H,1-2H3. The molecule has 9 heteroatoms. The van der Waals surface area contributed by atoms with E-state index in [4.69, 9.17) is 0 Å². The quantitative estimate of drug-likeness (QED) is 0.491. The fraction of sp³-hybridized carbons (Fsp3) is 0.105. The Kier molecular flexibility index (Phi) is 4.40. The number of aromatic nitrogens is 2. The molecule has 0 N–H and O–H groups in total. The van der Waals surface area contributed by atoms with Gasteiger partial charge in [-0.1, -0.05) is 18.2 Å². The molecule has 3 heterocycles. The van der Waals surface area contributed by atoms with E-state index in [9.17, 15) is 16.8 Å². The van der Waals surface area contributed by atoms with E-state index >= 15 is 0 Å². The zero-order valence-corrected chi connectivity index (χ0v) is 17.5. The Morgan fingerprint density at radius 1 is 0.964 bits per heavy atom. The largest absolute Gasteiger partial charge is 0.269 e. The second kappa shape index (κ2) is 6.54. The summed E-state index contributed by atoms with van der Waals surface area (Å²) in [6, 6.07) is 15.0. The molecule has 0 aliphatic rings. The highest BCUT2D eigenvalue weighted by Crippen LogP contribution is 2.36. The van der Waals surface area contributed by atoms with Crippen LogP contribution >= 0.6 is 11.3 Å². The second-order valence-corrected chi connectivity index (χ2v) is 11.5. The molecule has 0 saturated carbocycles. The maximum atomic E-state index is 13.2. The first-order chi connectivity index (χ1) is 13.2. The van der Waals surface area contributed by atoms with Crippen LogP contribution < -0.4 is 0 Å². The first kappa shape index (κ1) is 18.9. The fourth-order valence-corrected chi connectivity index (χ4v) is 6.57.